The summed E-state index contributed by atoms with van der Waals surface area (Å²) in [6, 6.07) is 11.8. The van der Waals surface area contributed by atoms with Crippen LogP contribution in [0, 0.1) is 0 Å². The van der Waals surface area contributed by atoms with Crippen molar-refractivity contribution in [2.75, 3.05) is 5.32 Å². The Morgan fingerprint density at radius 3 is 2.61 bits per heavy atom. The fraction of sp³-hybridized carbons (Fsp3) is 0.400. The molecule has 0 radical (unpaired) electrons. The fourth-order valence-electron chi connectivity index (χ4n) is 4.73. The topological polar surface area (TPSA) is 67.2 Å². The van der Waals surface area contributed by atoms with Crippen LogP contribution in [0.25, 0.3) is 10.9 Å². The lowest BCUT2D eigenvalue weighted by molar-refractivity contribution is 0.134. The average Bonchev–Trinajstić information content (AvgIpc) is 2.83. The van der Waals surface area contributed by atoms with Crippen molar-refractivity contribution in [2.45, 2.75) is 64.6 Å². The molecule has 1 fully saturated rings. The van der Waals surface area contributed by atoms with Crippen molar-refractivity contribution in [3.63, 3.8) is 0 Å². The maximum absolute atomic E-state index is 13.6. The van der Waals surface area contributed by atoms with Gasteiger partial charge in [-0.15, -0.1) is 0 Å². The number of benzene rings is 2. The van der Waals surface area contributed by atoms with E-state index >= 15 is 0 Å². The van der Waals surface area contributed by atoms with E-state index in [4.69, 9.17) is 28.2 Å². The summed E-state index contributed by atoms with van der Waals surface area (Å²) in [6.07, 6.45) is 5.10. The Morgan fingerprint density at radius 1 is 1.15 bits per heavy atom. The van der Waals surface area contributed by atoms with Crippen molar-refractivity contribution in [3.05, 3.63) is 68.7 Å². The summed E-state index contributed by atoms with van der Waals surface area (Å²) in [4.78, 5) is 33.5. The van der Waals surface area contributed by atoms with Crippen LogP contribution < -0.4 is 10.9 Å². The molecule has 8 heteroatoms. The Hall–Kier alpha value is -2.57. The van der Waals surface area contributed by atoms with E-state index < -0.39 is 6.04 Å². The van der Waals surface area contributed by atoms with Gasteiger partial charge in [0.2, 0.25) is 0 Å². The Labute approximate surface area is 203 Å². The molecule has 1 unspecified atom stereocenters. The third-order valence-corrected chi connectivity index (χ3v) is 7.21. The molecule has 1 aromatic heterocycles. The largest absolute Gasteiger partial charge is 0.322 e. The lowest BCUT2D eigenvalue weighted by Gasteiger charge is -2.38. The normalized spacial score (nSPS) is 15.4. The van der Waals surface area contributed by atoms with Crippen LogP contribution in [-0.2, 0) is 6.54 Å². The van der Waals surface area contributed by atoms with Gasteiger partial charge in [-0.1, -0.05) is 60.7 Å². The van der Waals surface area contributed by atoms with Crippen LogP contribution in [0.5, 0.6) is 0 Å². The van der Waals surface area contributed by atoms with E-state index in [1.165, 1.54) is 0 Å². The zero-order valence-electron chi connectivity index (χ0n) is 18.9. The molecule has 1 atom stereocenters. The lowest BCUT2D eigenvalue weighted by Crippen LogP contribution is -2.47. The number of rotatable bonds is 5. The molecule has 1 heterocycles. The van der Waals surface area contributed by atoms with Crippen LogP contribution in [0.1, 0.15) is 57.8 Å². The zero-order chi connectivity index (χ0) is 23.5. The van der Waals surface area contributed by atoms with Gasteiger partial charge in [0.25, 0.3) is 5.56 Å². The van der Waals surface area contributed by atoms with E-state index in [1.807, 2.05) is 36.9 Å². The number of fused-ring (bicyclic) bond motifs is 1. The van der Waals surface area contributed by atoms with Crippen LogP contribution in [0.15, 0.2) is 47.3 Å². The fourth-order valence-corrected chi connectivity index (χ4v) is 5.08. The highest BCUT2D eigenvalue weighted by Crippen LogP contribution is 2.33. The molecule has 6 nitrogen and oxygen atoms in total. The molecule has 0 saturated heterocycles. The number of urea groups is 1. The number of hydrogen-bond acceptors (Lipinski definition) is 3. The number of anilines is 1. The summed E-state index contributed by atoms with van der Waals surface area (Å²) in [5, 5.41) is 4.20. The van der Waals surface area contributed by atoms with Crippen LogP contribution >= 0.6 is 23.2 Å². The first-order chi connectivity index (χ1) is 15.9. The second-order valence-electron chi connectivity index (χ2n) is 8.44. The van der Waals surface area contributed by atoms with Crippen molar-refractivity contribution in [1.29, 1.82) is 0 Å². The van der Waals surface area contributed by atoms with Crippen LogP contribution in [0.4, 0.5) is 10.5 Å². The van der Waals surface area contributed by atoms with E-state index in [2.05, 4.69) is 5.32 Å². The number of hydrogen-bond donors (Lipinski definition) is 1. The van der Waals surface area contributed by atoms with E-state index in [1.54, 1.807) is 28.8 Å². The van der Waals surface area contributed by atoms with Gasteiger partial charge in [-0.05, 0) is 51.0 Å². The van der Waals surface area contributed by atoms with Gasteiger partial charge in [-0.2, -0.15) is 0 Å². The molecule has 1 aliphatic rings. The number of aromatic nitrogens is 2. The maximum atomic E-state index is 13.6. The molecule has 33 heavy (non-hydrogen) atoms. The van der Waals surface area contributed by atoms with Gasteiger partial charge in [0.1, 0.15) is 5.82 Å². The zero-order valence-corrected chi connectivity index (χ0v) is 20.4. The van der Waals surface area contributed by atoms with E-state index in [-0.39, 0.29) is 17.6 Å². The molecule has 0 bridgehead atoms. The predicted octanol–water partition coefficient (Wildman–Crippen LogP) is 6.65. The molecule has 2 amide bonds. The molecule has 1 N–H and O–H groups in total. The monoisotopic (exact) mass is 486 g/mol. The second kappa shape index (κ2) is 10.1. The first kappa shape index (κ1) is 23.6. The molecule has 1 aliphatic carbocycles. The molecule has 0 spiro atoms. The number of carbonyl (C=O) groups is 1. The molecule has 1 saturated carbocycles. The quantitative estimate of drug-likeness (QED) is 0.438. The van der Waals surface area contributed by atoms with Gasteiger partial charge in [0.15, 0.2) is 0 Å². The van der Waals surface area contributed by atoms with Crippen molar-refractivity contribution in [1.82, 2.24) is 14.5 Å². The SMILES string of the molecule is CCn1c(C(C)N(C(=O)Nc2cccc(Cl)c2Cl)C2CCCCC2)nc2ccccc2c1=O. The van der Waals surface area contributed by atoms with Gasteiger partial charge in [-0.3, -0.25) is 9.36 Å². The molecule has 4 rings (SSSR count). The molecule has 0 aliphatic heterocycles. The Morgan fingerprint density at radius 2 is 1.88 bits per heavy atom. The summed E-state index contributed by atoms with van der Waals surface area (Å²) >= 11 is 12.5. The number of carbonyl (C=O) groups excluding carboxylic acids is 1. The predicted molar refractivity (Wildman–Crippen MR) is 134 cm³/mol. The minimum absolute atomic E-state index is 0.0420. The van der Waals surface area contributed by atoms with Crippen molar-refractivity contribution in [2.24, 2.45) is 0 Å². The van der Waals surface area contributed by atoms with Crippen molar-refractivity contribution >= 4 is 45.8 Å². The highest BCUT2D eigenvalue weighted by Gasteiger charge is 2.33. The number of halogens is 2. The maximum Gasteiger partial charge on any atom is 0.322 e. The minimum Gasteiger partial charge on any atom is -0.312 e. The molecule has 2 aromatic carbocycles. The summed E-state index contributed by atoms with van der Waals surface area (Å²) in [5.74, 6) is 0.583. The minimum atomic E-state index is -0.414. The highest BCUT2D eigenvalue weighted by atomic mass is 35.5. The van der Waals surface area contributed by atoms with Crippen LogP contribution in [0.3, 0.4) is 0 Å². The first-order valence-electron chi connectivity index (χ1n) is 11.4. The summed E-state index contributed by atoms with van der Waals surface area (Å²) in [5.41, 5.74) is 1.00. The van der Waals surface area contributed by atoms with Gasteiger partial charge >= 0.3 is 6.03 Å². The van der Waals surface area contributed by atoms with Gasteiger partial charge in [0, 0.05) is 12.6 Å². The average molecular weight is 487 g/mol. The van der Waals surface area contributed by atoms with Crippen molar-refractivity contribution in [3.8, 4) is 0 Å². The highest BCUT2D eigenvalue weighted by molar-refractivity contribution is 6.43. The molecular formula is C25H28Cl2N4O2. The van der Waals surface area contributed by atoms with Gasteiger partial charge < -0.3 is 10.2 Å². The first-order valence-corrected chi connectivity index (χ1v) is 12.2. The number of nitrogens with zero attached hydrogens (tertiary/aromatic N) is 3. The second-order valence-corrected chi connectivity index (χ2v) is 9.23. The van der Waals surface area contributed by atoms with E-state index in [0.29, 0.717) is 39.0 Å². The summed E-state index contributed by atoms with van der Waals surface area (Å²) < 4.78 is 1.67. The molecule has 3 aromatic rings. The number of para-hydroxylation sites is 1. The lowest BCUT2D eigenvalue weighted by atomic mass is 9.93. The Kier molecular flexibility index (Phi) is 7.25. The Bertz CT molecular complexity index is 1220. The standard InChI is InChI=1S/C25H28Cl2N4O2/c1-3-30-23(28-20-14-8-7-12-18(20)24(30)32)16(2)31(17-10-5-4-6-11-17)25(33)29-21-15-9-13-19(26)22(21)27/h7-9,12-17H,3-6,10-11H2,1-2H3,(H,29,33). The van der Waals surface area contributed by atoms with Gasteiger partial charge in [-0.25, -0.2) is 9.78 Å². The third-order valence-electron chi connectivity index (χ3n) is 6.39. The van der Waals surface area contributed by atoms with Crippen LogP contribution in [-0.4, -0.2) is 26.5 Å². The Balaban J connectivity index is 1.77. The van der Waals surface area contributed by atoms with Gasteiger partial charge in [0.05, 0.1) is 32.7 Å². The number of nitrogens with one attached hydrogen (secondary N) is 1. The van der Waals surface area contributed by atoms with E-state index in [0.717, 1.165) is 32.1 Å². The van der Waals surface area contributed by atoms with E-state index in [9.17, 15) is 9.59 Å². The molecule has 174 valence electrons. The summed E-state index contributed by atoms with van der Waals surface area (Å²) in [6.45, 7) is 4.33. The van der Waals surface area contributed by atoms with Crippen molar-refractivity contribution < 1.29 is 4.79 Å². The smallest absolute Gasteiger partial charge is 0.312 e. The summed E-state index contributed by atoms with van der Waals surface area (Å²) in [7, 11) is 0. The molecular weight excluding hydrogens is 459 g/mol. The number of amides is 2. The third kappa shape index (κ3) is 4.73. The van der Waals surface area contributed by atoms with Crippen LogP contribution in [0.2, 0.25) is 10.0 Å².